The predicted octanol–water partition coefficient (Wildman–Crippen LogP) is 5.03. The maximum atomic E-state index is 13.3. The third kappa shape index (κ3) is 4.45. The van der Waals surface area contributed by atoms with Crippen molar-refractivity contribution in [3.63, 3.8) is 0 Å². The number of benzene rings is 3. The molecule has 0 fully saturated rings. The average Bonchev–Trinajstić information content (AvgIpc) is 3.13. The van der Waals surface area contributed by atoms with E-state index >= 15 is 0 Å². The lowest BCUT2D eigenvalue weighted by Gasteiger charge is -2.23. The maximum absolute atomic E-state index is 13.3. The summed E-state index contributed by atoms with van der Waals surface area (Å²) in [6.07, 6.45) is 0. The van der Waals surface area contributed by atoms with Crippen molar-refractivity contribution in [3.8, 4) is 5.69 Å². The Morgan fingerprint density at radius 2 is 1.65 bits per heavy atom. The molecule has 0 amide bonds. The molecule has 0 saturated heterocycles. The number of halogens is 1. The minimum absolute atomic E-state index is 0.0127. The molecule has 4 aromatic rings. The van der Waals surface area contributed by atoms with Crippen molar-refractivity contribution in [2.24, 2.45) is 10.2 Å². The van der Waals surface area contributed by atoms with Gasteiger partial charge in [0.25, 0.3) is 10.0 Å². The van der Waals surface area contributed by atoms with Gasteiger partial charge in [-0.3, -0.25) is 14.2 Å². The second-order valence-electron chi connectivity index (χ2n) is 7.17. The van der Waals surface area contributed by atoms with Gasteiger partial charge in [0.15, 0.2) is 5.69 Å². The summed E-state index contributed by atoms with van der Waals surface area (Å²) in [6.45, 7) is 1.97. The van der Waals surface area contributed by atoms with Gasteiger partial charge in [0.2, 0.25) is 0 Å². The van der Waals surface area contributed by atoms with E-state index in [0.717, 1.165) is 0 Å². The number of para-hydroxylation sites is 2. The molecule has 34 heavy (non-hydrogen) atoms. The van der Waals surface area contributed by atoms with Crippen LogP contribution in [0.5, 0.6) is 0 Å². The van der Waals surface area contributed by atoms with Gasteiger partial charge in [0, 0.05) is 6.54 Å². The van der Waals surface area contributed by atoms with E-state index in [1.165, 1.54) is 27.2 Å². The standard InChI is InChI=1S/C23H21ClN6O3S/c1-2-29(16-9-5-3-6-10-16)34(32,33)18-13-14-19(24)20(15-18)26-27-21-22(25)28-30(23(21)31)17-11-7-4-8-12-17/h3-15,28H,2,25H2,1H3. The lowest BCUT2D eigenvalue weighted by Crippen LogP contribution is -2.30. The summed E-state index contributed by atoms with van der Waals surface area (Å²) in [5.41, 5.74) is 6.50. The first-order valence-electron chi connectivity index (χ1n) is 10.3. The SMILES string of the molecule is CCN(c1ccccc1)S(=O)(=O)c1ccc(Cl)c(N=Nc2c(N)[nH]n(-c3ccccc3)c2=O)c1. The van der Waals surface area contributed by atoms with E-state index in [0.29, 0.717) is 11.4 Å². The number of nitrogen functional groups attached to an aromatic ring is 1. The summed E-state index contributed by atoms with van der Waals surface area (Å²) in [5, 5.41) is 10.9. The molecule has 0 atom stereocenters. The molecule has 9 nitrogen and oxygen atoms in total. The Balaban J connectivity index is 1.70. The summed E-state index contributed by atoms with van der Waals surface area (Å²) >= 11 is 6.24. The molecule has 0 bridgehead atoms. The summed E-state index contributed by atoms with van der Waals surface area (Å²) in [7, 11) is -3.90. The van der Waals surface area contributed by atoms with Crippen molar-refractivity contribution in [3.05, 3.63) is 94.2 Å². The van der Waals surface area contributed by atoms with Crippen LogP contribution in [-0.2, 0) is 10.0 Å². The lowest BCUT2D eigenvalue weighted by molar-refractivity contribution is 0.592. The second-order valence-corrected chi connectivity index (χ2v) is 9.44. The topological polar surface area (TPSA) is 126 Å². The molecule has 0 saturated carbocycles. The first-order chi connectivity index (χ1) is 16.3. The number of nitrogens with two attached hydrogens (primary N) is 1. The summed E-state index contributed by atoms with van der Waals surface area (Å²) < 4.78 is 29.1. The van der Waals surface area contributed by atoms with Crippen LogP contribution in [0.15, 0.2) is 98.8 Å². The fourth-order valence-corrected chi connectivity index (χ4v) is 5.00. The highest BCUT2D eigenvalue weighted by molar-refractivity contribution is 7.92. The molecule has 0 radical (unpaired) electrons. The van der Waals surface area contributed by atoms with Crippen LogP contribution in [0.3, 0.4) is 0 Å². The van der Waals surface area contributed by atoms with Gasteiger partial charge in [-0.05, 0) is 49.4 Å². The number of anilines is 2. The largest absolute Gasteiger partial charge is 0.382 e. The van der Waals surface area contributed by atoms with Crippen LogP contribution in [0.4, 0.5) is 22.9 Å². The molecule has 0 aliphatic carbocycles. The van der Waals surface area contributed by atoms with Crippen LogP contribution in [-0.4, -0.2) is 24.7 Å². The van der Waals surface area contributed by atoms with Crippen molar-refractivity contribution < 1.29 is 8.42 Å². The number of sulfonamides is 1. The lowest BCUT2D eigenvalue weighted by atomic mass is 10.3. The van der Waals surface area contributed by atoms with Gasteiger partial charge in [-0.1, -0.05) is 48.0 Å². The van der Waals surface area contributed by atoms with Crippen molar-refractivity contribution in [2.75, 3.05) is 16.6 Å². The zero-order chi connectivity index (χ0) is 24.3. The Morgan fingerprint density at radius 1 is 1.00 bits per heavy atom. The Hall–Kier alpha value is -3.89. The molecule has 174 valence electrons. The molecule has 3 N–H and O–H groups in total. The average molecular weight is 497 g/mol. The van der Waals surface area contributed by atoms with Crippen LogP contribution >= 0.6 is 11.6 Å². The minimum Gasteiger partial charge on any atom is -0.382 e. The Kier molecular flexibility index (Phi) is 6.53. The number of azo groups is 1. The smallest absolute Gasteiger partial charge is 0.301 e. The van der Waals surface area contributed by atoms with E-state index in [-0.39, 0.29) is 33.7 Å². The van der Waals surface area contributed by atoms with E-state index in [4.69, 9.17) is 17.3 Å². The normalized spacial score (nSPS) is 11.7. The van der Waals surface area contributed by atoms with Crippen LogP contribution in [0.25, 0.3) is 5.69 Å². The highest BCUT2D eigenvalue weighted by Crippen LogP contribution is 2.32. The monoisotopic (exact) mass is 496 g/mol. The molecule has 4 rings (SSSR count). The zero-order valence-corrected chi connectivity index (χ0v) is 19.7. The molecule has 11 heteroatoms. The molecule has 1 aromatic heterocycles. The van der Waals surface area contributed by atoms with Crippen molar-refractivity contribution in [1.29, 1.82) is 0 Å². The predicted molar refractivity (Wildman–Crippen MR) is 133 cm³/mol. The Labute approximate surface area is 201 Å². The van der Waals surface area contributed by atoms with Gasteiger partial charge in [-0.15, -0.1) is 10.2 Å². The number of aromatic amines is 1. The third-order valence-corrected chi connectivity index (χ3v) is 7.22. The molecule has 0 aliphatic rings. The summed E-state index contributed by atoms with van der Waals surface area (Å²) in [6, 6.07) is 21.7. The molecule has 0 unspecified atom stereocenters. The fourth-order valence-electron chi connectivity index (χ4n) is 3.35. The van der Waals surface area contributed by atoms with E-state index in [1.807, 2.05) is 12.1 Å². The second kappa shape index (κ2) is 9.54. The first kappa shape index (κ1) is 23.3. The summed E-state index contributed by atoms with van der Waals surface area (Å²) in [4.78, 5) is 12.8. The van der Waals surface area contributed by atoms with E-state index in [9.17, 15) is 13.2 Å². The van der Waals surface area contributed by atoms with Crippen LogP contribution in [0, 0.1) is 0 Å². The van der Waals surface area contributed by atoms with Gasteiger partial charge in [0.1, 0.15) is 11.5 Å². The van der Waals surface area contributed by atoms with Crippen molar-refractivity contribution in [1.82, 2.24) is 9.78 Å². The van der Waals surface area contributed by atoms with Crippen molar-refractivity contribution >= 4 is 44.5 Å². The minimum atomic E-state index is -3.90. The van der Waals surface area contributed by atoms with E-state index in [1.54, 1.807) is 55.5 Å². The van der Waals surface area contributed by atoms with E-state index < -0.39 is 15.6 Å². The highest BCUT2D eigenvalue weighted by Gasteiger charge is 2.24. The number of rotatable bonds is 7. The van der Waals surface area contributed by atoms with Gasteiger partial charge in [-0.25, -0.2) is 13.1 Å². The van der Waals surface area contributed by atoms with Crippen LogP contribution in [0.2, 0.25) is 5.02 Å². The van der Waals surface area contributed by atoms with Gasteiger partial charge in [-0.2, -0.15) is 0 Å². The summed E-state index contributed by atoms with van der Waals surface area (Å²) in [5.74, 6) is 0.0127. The number of hydrogen-bond acceptors (Lipinski definition) is 6. The molecular formula is C23H21ClN6O3S. The molecular weight excluding hydrogens is 476 g/mol. The van der Waals surface area contributed by atoms with Gasteiger partial charge in [0.05, 0.1) is 21.3 Å². The van der Waals surface area contributed by atoms with Crippen molar-refractivity contribution in [2.45, 2.75) is 11.8 Å². The third-order valence-electron chi connectivity index (χ3n) is 5.00. The highest BCUT2D eigenvalue weighted by atomic mass is 35.5. The number of nitrogens with zero attached hydrogens (tertiary/aromatic N) is 4. The fraction of sp³-hybridized carbons (Fsp3) is 0.0870. The molecule has 3 aromatic carbocycles. The Bertz CT molecular complexity index is 1500. The number of nitrogens with one attached hydrogen (secondary N) is 1. The molecule has 0 spiro atoms. The van der Waals surface area contributed by atoms with E-state index in [2.05, 4.69) is 15.3 Å². The molecule has 1 heterocycles. The quantitative estimate of drug-likeness (QED) is 0.348. The van der Waals surface area contributed by atoms with Crippen LogP contribution < -0.4 is 15.6 Å². The van der Waals surface area contributed by atoms with Crippen LogP contribution in [0.1, 0.15) is 6.92 Å². The first-order valence-corrected chi connectivity index (χ1v) is 12.1. The van der Waals surface area contributed by atoms with Gasteiger partial charge >= 0.3 is 5.56 Å². The number of hydrogen-bond donors (Lipinski definition) is 2. The zero-order valence-electron chi connectivity index (χ0n) is 18.1. The Morgan fingerprint density at radius 3 is 2.29 bits per heavy atom. The maximum Gasteiger partial charge on any atom is 0.301 e. The number of aromatic nitrogens is 2. The number of H-pyrrole nitrogens is 1. The molecule has 0 aliphatic heterocycles. The van der Waals surface area contributed by atoms with Gasteiger partial charge < -0.3 is 5.73 Å².